The van der Waals surface area contributed by atoms with Gasteiger partial charge in [-0.05, 0) is 50.7 Å². The minimum absolute atomic E-state index is 0.127. The summed E-state index contributed by atoms with van der Waals surface area (Å²) in [5.74, 6) is 0.778. The fourth-order valence-electron chi connectivity index (χ4n) is 3.05. The second-order valence-corrected chi connectivity index (χ2v) is 6.01. The molecule has 0 spiro atoms. The van der Waals surface area contributed by atoms with Gasteiger partial charge in [0.25, 0.3) is 0 Å². The Hall–Kier alpha value is -1.31. The van der Waals surface area contributed by atoms with Gasteiger partial charge in [-0.25, -0.2) is 0 Å². The van der Waals surface area contributed by atoms with Gasteiger partial charge in [-0.3, -0.25) is 0 Å². The lowest BCUT2D eigenvalue weighted by Crippen LogP contribution is -2.41. The average molecular weight is 259 g/mol. The fraction of sp³-hybridized carbons (Fsp3) is 0.588. The maximum Gasteiger partial charge on any atom is 0.127 e. The van der Waals surface area contributed by atoms with Crippen molar-refractivity contribution in [1.82, 2.24) is 0 Å². The smallest absolute Gasteiger partial charge is 0.127 e. The molecule has 1 saturated carbocycles. The van der Waals surface area contributed by atoms with Gasteiger partial charge in [-0.15, -0.1) is 0 Å². The molecule has 1 fully saturated rings. The Labute approximate surface area is 116 Å². The van der Waals surface area contributed by atoms with E-state index < -0.39 is 0 Å². The number of carbonyl (C=O) groups is 1. The molecular formula is C17H25NO. The van der Waals surface area contributed by atoms with Crippen LogP contribution < -0.4 is 4.90 Å². The van der Waals surface area contributed by atoms with Gasteiger partial charge in [-0.2, -0.15) is 0 Å². The van der Waals surface area contributed by atoms with Crippen molar-refractivity contribution >= 4 is 12.0 Å². The van der Waals surface area contributed by atoms with Crippen LogP contribution in [0.15, 0.2) is 30.3 Å². The topological polar surface area (TPSA) is 20.3 Å². The molecule has 19 heavy (non-hydrogen) atoms. The molecule has 1 aliphatic rings. The second-order valence-electron chi connectivity index (χ2n) is 6.01. The molecule has 1 aromatic carbocycles. The van der Waals surface area contributed by atoms with E-state index in [1.165, 1.54) is 24.8 Å². The van der Waals surface area contributed by atoms with Crippen molar-refractivity contribution in [2.24, 2.45) is 11.3 Å². The summed E-state index contributed by atoms with van der Waals surface area (Å²) in [6.07, 6.45) is 5.68. The van der Waals surface area contributed by atoms with Crippen molar-refractivity contribution in [2.45, 2.75) is 39.5 Å². The van der Waals surface area contributed by atoms with E-state index in [0.29, 0.717) is 0 Å². The van der Waals surface area contributed by atoms with Crippen molar-refractivity contribution < 1.29 is 4.79 Å². The SMILES string of the molecule is CCN(CC1(C=O)CCC(C)CC1)c1ccccc1. The van der Waals surface area contributed by atoms with E-state index in [0.717, 1.165) is 31.8 Å². The zero-order chi connectivity index (χ0) is 13.7. The van der Waals surface area contributed by atoms with Crippen LogP contribution in [0.25, 0.3) is 0 Å². The standard InChI is InChI=1S/C17H25NO/c1-3-18(16-7-5-4-6-8-16)13-17(14-19)11-9-15(2)10-12-17/h4-8,14-15H,3,9-13H2,1-2H3. The number of benzene rings is 1. The summed E-state index contributed by atoms with van der Waals surface area (Å²) >= 11 is 0. The summed E-state index contributed by atoms with van der Waals surface area (Å²) in [5, 5.41) is 0. The van der Waals surface area contributed by atoms with E-state index in [-0.39, 0.29) is 5.41 Å². The van der Waals surface area contributed by atoms with Crippen LogP contribution in [-0.4, -0.2) is 19.4 Å². The van der Waals surface area contributed by atoms with E-state index in [9.17, 15) is 4.79 Å². The summed E-state index contributed by atoms with van der Waals surface area (Å²) in [5.41, 5.74) is 1.10. The van der Waals surface area contributed by atoms with Gasteiger partial charge >= 0.3 is 0 Å². The highest BCUT2D eigenvalue weighted by molar-refractivity contribution is 5.62. The Kier molecular flexibility index (Phi) is 4.62. The molecule has 0 bridgehead atoms. The monoisotopic (exact) mass is 259 g/mol. The Morgan fingerprint density at radius 1 is 1.26 bits per heavy atom. The maximum absolute atomic E-state index is 11.6. The van der Waals surface area contributed by atoms with E-state index >= 15 is 0 Å². The van der Waals surface area contributed by atoms with Gasteiger partial charge in [0.1, 0.15) is 6.29 Å². The first-order valence-corrected chi connectivity index (χ1v) is 7.45. The number of rotatable bonds is 5. The fourth-order valence-corrected chi connectivity index (χ4v) is 3.05. The molecule has 0 aromatic heterocycles. The van der Waals surface area contributed by atoms with Gasteiger partial charge in [0.15, 0.2) is 0 Å². The van der Waals surface area contributed by atoms with Crippen molar-refractivity contribution in [2.75, 3.05) is 18.0 Å². The second kappa shape index (κ2) is 6.23. The summed E-state index contributed by atoms with van der Waals surface area (Å²) in [7, 11) is 0. The van der Waals surface area contributed by atoms with Crippen LogP contribution in [0.4, 0.5) is 5.69 Å². The summed E-state index contributed by atoms with van der Waals surface area (Å²) in [6.45, 7) is 6.28. The highest BCUT2D eigenvalue weighted by Gasteiger charge is 2.35. The van der Waals surface area contributed by atoms with Crippen molar-refractivity contribution in [1.29, 1.82) is 0 Å². The van der Waals surface area contributed by atoms with Crippen LogP contribution in [0.3, 0.4) is 0 Å². The molecule has 104 valence electrons. The van der Waals surface area contributed by atoms with Crippen LogP contribution in [0, 0.1) is 11.3 Å². The number of nitrogens with zero attached hydrogens (tertiary/aromatic N) is 1. The minimum atomic E-state index is -0.127. The number of aldehydes is 1. The molecule has 0 amide bonds. The molecule has 0 heterocycles. The number of hydrogen-bond acceptors (Lipinski definition) is 2. The number of para-hydroxylation sites is 1. The Morgan fingerprint density at radius 3 is 2.42 bits per heavy atom. The lowest BCUT2D eigenvalue weighted by atomic mass is 9.71. The van der Waals surface area contributed by atoms with Crippen LogP contribution >= 0.6 is 0 Å². The highest BCUT2D eigenvalue weighted by Crippen LogP contribution is 2.38. The molecule has 1 aliphatic carbocycles. The van der Waals surface area contributed by atoms with Crippen LogP contribution in [0.2, 0.25) is 0 Å². The van der Waals surface area contributed by atoms with E-state index in [2.05, 4.69) is 43.0 Å². The minimum Gasteiger partial charge on any atom is -0.371 e. The number of carbonyl (C=O) groups excluding carboxylic acids is 1. The predicted octanol–water partition coefficient (Wildman–Crippen LogP) is 3.91. The van der Waals surface area contributed by atoms with Crippen molar-refractivity contribution in [3.8, 4) is 0 Å². The third-order valence-corrected chi connectivity index (χ3v) is 4.53. The average Bonchev–Trinajstić information content (AvgIpc) is 2.48. The molecule has 1 aromatic rings. The van der Waals surface area contributed by atoms with Gasteiger partial charge in [0, 0.05) is 24.2 Å². The van der Waals surface area contributed by atoms with Gasteiger partial charge in [0.2, 0.25) is 0 Å². The van der Waals surface area contributed by atoms with Gasteiger partial charge in [-0.1, -0.05) is 25.1 Å². The van der Waals surface area contributed by atoms with E-state index in [4.69, 9.17) is 0 Å². The number of hydrogen-bond donors (Lipinski definition) is 0. The molecule has 2 nitrogen and oxygen atoms in total. The first-order valence-electron chi connectivity index (χ1n) is 7.45. The van der Waals surface area contributed by atoms with Crippen LogP contribution in [0.5, 0.6) is 0 Å². The predicted molar refractivity (Wildman–Crippen MR) is 80.5 cm³/mol. The summed E-state index contributed by atoms with van der Waals surface area (Å²) in [4.78, 5) is 14.0. The third kappa shape index (κ3) is 3.37. The van der Waals surface area contributed by atoms with Crippen LogP contribution in [0.1, 0.15) is 39.5 Å². The lowest BCUT2D eigenvalue weighted by molar-refractivity contribution is -0.117. The van der Waals surface area contributed by atoms with Crippen molar-refractivity contribution in [3.05, 3.63) is 30.3 Å². The molecule has 0 N–H and O–H groups in total. The Balaban J connectivity index is 2.10. The molecule has 2 heteroatoms. The summed E-state index contributed by atoms with van der Waals surface area (Å²) < 4.78 is 0. The Bertz CT molecular complexity index is 393. The molecule has 0 saturated heterocycles. The normalized spacial score (nSPS) is 26.9. The molecular weight excluding hydrogens is 234 g/mol. The maximum atomic E-state index is 11.6. The summed E-state index contributed by atoms with van der Waals surface area (Å²) in [6, 6.07) is 10.4. The van der Waals surface area contributed by atoms with E-state index in [1.54, 1.807) is 0 Å². The highest BCUT2D eigenvalue weighted by atomic mass is 16.1. The van der Waals surface area contributed by atoms with Gasteiger partial charge < -0.3 is 9.69 Å². The lowest BCUT2D eigenvalue weighted by Gasteiger charge is -2.39. The third-order valence-electron chi connectivity index (χ3n) is 4.53. The van der Waals surface area contributed by atoms with E-state index in [1.807, 2.05) is 6.07 Å². The quantitative estimate of drug-likeness (QED) is 0.747. The first kappa shape index (κ1) is 14.1. The van der Waals surface area contributed by atoms with Crippen LogP contribution in [-0.2, 0) is 4.79 Å². The van der Waals surface area contributed by atoms with Gasteiger partial charge in [0.05, 0.1) is 0 Å². The number of anilines is 1. The molecule has 2 rings (SSSR count). The van der Waals surface area contributed by atoms with Crippen molar-refractivity contribution in [3.63, 3.8) is 0 Å². The molecule has 0 radical (unpaired) electrons. The molecule has 0 atom stereocenters. The zero-order valence-corrected chi connectivity index (χ0v) is 12.1. The largest absolute Gasteiger partial charge is 0.371 e. The molecule has 0 unspecified atom stereocenters. The molecule has 0 aliphatic heterocycles. The zero-order valence-electron chi connectivity index (χ0n) is 12.1. The Morgan fingerprint density at radius 2 is 1.89 bits per heavy atom. The first-order chi connectivity index (χ1) is 9.19.